The molecule has 0 bridgehead atoms. The molecule has 6 nitrogen and oxygen atoms in total. The fourth-order valence-corrected chi connectivity index (χ4v) is 3.80. The standard InChI is InChI=1S/C20H21N5OS/c26-19-18(17-9-5-15-27-17)22-23-20(21-19)25-13-11-24(12-14-25)10-4-8-16-6-2-1-3-7-16/h1-9,15H,10-14H2,(H,21,23,26)/b8-4+. The lowest BCUT2D eigenvalue weighted by Crippen LogP contribution is -2.47. The van der Waals surface area contributed by atoms with Crippen molar-refractivity contribution in [2.45, 2.75) is 0 Å². The Labute approximate surface area is 161 Å². The molecule has 3 aromatic rings. The van der Waals surface area contributed by atoms with E-state index in [0.29, 0.717) is 11.6 Å². The van der Waals surface area contributed by atoms with Crippen LogP contribution in [0.5, 0.6) is 0 Å². The van der Waals surface area contributed by atoms with Crippen LogP contribution in [0.3, 0.4) is 0 Å². The second-order valence-electron chi connectivity index (χ2n) is 6.40. The van der Waals surface area contributed by atoms with Crippen molar-refractivity contribution in [3.63, 3.8) is 0 Å². The van der Waals surface area contributed by atoms with E-state index in [1.165, 1.54) is 16.9 Å². The van der Waals surface area contributed by atoms with Crippen LogP contribution in [0.4, 0.5) is 5.95 Å². The maximum absolute atomic E-state index is 12.3. The highest BCUT2D eigenvalue weighted by molar-refractivity contribution is 7.13. The van der Waals surface area contributed by atoms with Crippen molar-refractivity contribution in [3.05, 3.63) is 69.8 Å². The van der Waals surface area contributed by atoms with E-state index in [1.54, 1.807) is 0 Å². The summed E-state index contributed by atoms with van der Waals surface area (Å²) in [5, 5.41) is 10.3. The second-order valence-corrected chi connectivity index (χ2v) is 7.35. The summed E-state index contributed by atoms with van der Waals surface area (Å²) in [7, 11) is 0. The molecule has 3 heterocycles. The predicted molar refractivity (Wildman–Crippen MR) is 110 cm³/mol. The molecule has 1 N–H and O–H groups in total. The lowest BCUT2D eigenvalue weighted by molar-refractivity contribution is 0.282. The second kappa shape index (κ2) is 8.28. The van der Waals surface area contributed by atoms with Crippen molar-refractivity contribution < 1.29 is 0 Å². The van der Waals surface area contributed by atoms with Crippen LogP contribution in [0, 0.1) is 0 Å². The summed E-state index contributed by atoms with van der Waals surface area (Å²) in [6.45, 7) is 4.41. The Morgan fingerprint density at radius 2 is 1.85 bits per heavy atom. The summed E-state index contributed by atoms with van der Waals surface area (Å²) in [6.07, 6.45) is 4.35. The van der Waals surface area contributed by atoms with Gasteiger partial charge in [0.05, 0.1) is 4.88 Å². The zero-order valence-electron chi connectivity index (χ0n) is 14.9. The topological polar surface area (TPSA) is 65.1 Å². The number of piperazine rings is 1. The average Bonchev–Trinajstić information content (AvgIpc) is 3.24. The molecule has 0 unspecified atom stereocenters. The zero-order chi connectivity index (χ0) is 18.5. The normalized spacial score (nSPS) is 15.5. The van der Waals surface area contributed by atoms with Crippen LogP contribution in [-0.2, 0) is 0 Å². The largest absolute Gasteiger partial charge is 0.338 e. The van der Waals surface area contributed by atoms with Crippen molar-refractivity contribution in [2.24, 2.45) is 0 Å². The Balaban J connectivity index is 1.33. The van der Waals surface area contributed by atoms with Gasteiger partial charge in [0.1, 0.15) is 0 Å². The van der Waals surface area contributed by atoms with Gasteiger partial charge in [-0.05, 0) is 17.0 Å². The number of H-pyrrole nitrogens is 1. The van der Waals surface area contributed by atoms with E-state index >= 15 is 0 Å². The number of anilines is 1. The van der Waals surface area contributed by atoms with Gasteiger partial charge in [0.15, 0.2) is 5.69 Å². The van der Waals surface area contributed by atoms with E-state index in [-0.39, 0.29) is 5.56 Å². The molecule has 0 aliphatic carbocycles. The Hall–Kier alpha value is -2.77. The summed E-state index contributed by atoms with van der Waals surface area (Å²) < 4.78 is 0. The van der Waals surface area contributed by atoms with Gasteiger partial charge in [0, 0.05) is 32.7 Å². The first-order chi connectivity index (χ1) is 13.3. The molecular weight excluding hydrogens is 358 g/mol. The van der Waals surface area contributed by atoms with Crippen molar-refractivity contribution >= 4 is 23.4 Å². The Bertz CT molecular complexity index is 944. The van der Waals surface area contributed by atoms with E-state index in [4.69, 9.17) is 0 Å². The van der Waals surface area contributed by atoms with Crippen LogP contribution in [0.25, 0.3) is 16.6 Å². The molecule has 7 heteroatoms. The number of nitrogens with one attached hydrogen (secondary N) is 1. The number of rotatable bonds is 5. The third-order valence-corrected chi connectivity index (χ3v) is 5.46. The molecule has 1 aliphatic rings. The third kappa shape index (κ3) is 4.32. The van der Waals surface area contributed by atoms with Crippen molar-refractivity contribution in [1.29, 1.82) is 0 Å². The van der Waals surface area contributed by atoms with Crippen molar-refractivity contribution in [1.82, 2.24) is 20.1 Å². The van der Waals surface area contributed by atoms with Crippen LogP contribution in [0.15, 0.2) is 58.7 Å². The zero-order valence-corrected chi connectivity index (χ0v) is 15.7. The highest BCUT2D eigenvalue weighted by Crippen LogP contribution is 2.19. The fraction of sp³-hybridized carbons (Fsp3) is 0.250. The van der Waals surface area contributed by atoms with Gasteiger partial charge in [-0.3, -0.25) is 14.7 Å². The quantitative estimate of drug-likeness (QED) is 0.738. The third-order valence-electron chi connectivity index (χ3n) is 4.59. The Morgan fingerprint density at radius 3 is 2.56 bits per heavy atom. The van der Waals surface area contributed by atoms with Crippen LogP contribution in [0.2, 0.25) is 0 Å². The molecule has 0 atom stereocenters. The van der Waals surface area contributed by atoms with Gasteiger partial charge >= 0.3 is 0 Å². The first-order valence-electron chi connectivity index (χ1n) is 8.99. The number of hydrogen-bond donors (Lipinski definition) is 1. The van der Waals surface area contributed by atoms with Crippen LogP contribution in [0.1, 0.15) is 5.56 Å². The van der Waals surface area contributed by atoms with Gasteiger partial charge in [0.25, 0.3) is 5.56 Å². The molecule has 4 rings (SSSR count). The average molecular weight is 379 g/mol. The summed E-state index contributed by atoms with van der Waals surface area (Å²) in [4.78, 5) is 20.5. The first kappa shape index (κ1) is 17.6. The van der Waals surface area contributed by atoms with E-state index in [1.807, 2.05) is 35.7 Å². The fourth-order valence-electron chi connectivity index (χ4n) is 3.09. The highest BCUT2D eigenvalue weighted by atomic mass is 32.1. The lowest BCUT2D eigenvalue weighted by Gasteiger charge is -2.34. The summed E-state index contributed by atoms with van der Waals surface area (Å²) >= 11 is 1.49. The molecule has 1 aliphatic heterocycles. The van der Waals surface area contributed by atoms with E-state index < -0.39 is 0 Å². The number of aromatic nitrogens is 3. The number of nitrogens with zero attached hydrogens (tertiary/aromatic N) is 4. The maximum atomic E-state index is 12.3. The molecule has 0 saturated carbocycles. The summed E-state index contributed by atoms with van der Waals surface area (Å²) in [5.41, 5.74) is 1.42. The van der Waals surface area contributed by atoms with Gasteiger partial charge in [-0.15, -0.1) is 21.5 Å². The SMILES string of the molecule is O=c1[nH]c(N2CCN(C/C=C/c3ccccc3)CC2)nnc1-c1cccs1. The highest BCUT2D eigenvalue weighted by Gasteiger charge is 2.19. The van der Waals surface area contributed by atoms with Crippen molar-refractivity contribution in [2.75, 3.05) is 37.6 Å². The molecule has 0 radical (unpaired) electrons. The molecule has 0 spiro atoms. The van der Waals surface area contributed by atoms with E-state index in [9.17, 15) is 4.79 Å². The van der Waals surface area contributed by atoms with Gasteiger partial charge < -0.3 is 4.90 Å². The monoisotopic (exact) mass is 379 g/mol. The van der Waals surface area contributed by atoms with E-state index in [2.05, 4.69) is 49.3 Å². The Kier molecular flexibility index (Phi) is 5.41. The van der Waals surface area contributed by atoms with Crippen molar-refractivity contribution in [3.8, 4) is 10.6 Å². The maximum Gasteiger partial charge on any atom is 0.280 e. The van der Waals surface area contributed by atoms with Gasteiger partial charge in [0.2, 0.25) is 5.95 Å². The van der Waals surface area contributed by atoms with Crippen LogP contribution >= 0.6 is 11.3 Å². The number of benzene rings is 1. The minimum atomic E-state index is -0.185. The predicted octanol–water partition coefficient (Wildman–Crippen LogP) is 2.73. The molecule has 27 heavy (non-hydrogen) atoms. The molecule has 138 valence electrons. The van der Waals surface area contributed by atoms with Crippen LogP contribution < -0.4 is 10.5 Å². The first-order valence-corrected chi connectivity index (χ1v) is 9.87. The molecule has 1 fully saturated rings. The summed E-state index contributed by atoms with van der Waals surface area (Å²) in [5.74, 6) is 0.555. The van der Waals surface area contributed by atoms with Gasteiger partial charge in [-0.1, -0.05) is 48.6 Å². The Morgan fingerprint density at radius 1 is 1.04 bits per heavy atom. The van der Waals surface area contributed by atoms with Gasteiger partial charge in [-0.25, -0.2) is 0 Å². The molecule has 1 aromatic carbocycles. The number of aromatic amines is 1. The molecular formula is C20H21N5OS. The minimum absolute atomic E-state index is 0.185. The molecule has 1 saturated heterocycles. The molecule has 2 aromatic heterocycles. The molecule has 0 amide bonds. The summed E-state index contributed by atoms with van der Waals surface area (Å²) in [6, 6.07) is 14.1. The van der Waals surface area contributed by atoms with E-state index in [0.717, 1.165) is 37.6 Å². The number of hydrogen-bond acceptors (Lipinski definition) is 6. The minimum Gasteiger partial charge on any atom is -0.338 e. The van der Waals surface area contributed by atoms with Gasteiger partial charge in [-0.2, -0.15) is 0 Å². The smallest absolute Gasteiger partial charge is 0.280 e. The lowest BCUT2D eigenvalue weighted by atomic mass is 10.2. The number of thiophene rings is 1. The van der Waals surface area contributed by atoms with Crippen LogP contribution in [-0.4, -0.2) is 52.8 Å².